The first-order chi connectivity index (χ1) is 6.86. The Morgan fingerprint density at radius 3 is 3.07 bits per heavy atom. The highest BCUT2D eigenvalue weighted by Crippen LogP contribution is 2.01. The fourth-order valence-corrected chi connectivity index (χ4v) is 1.18. The van der Waals surface area contributed by atoms with E-state index < -0.39 is 0 Å². The number of nitriles is 1. The van der Waals surface area contributed by atoms with Crippen molar-refractivity contribution in [3.8, 4) is 6.07 Å². The third-order valence-electron chi connectivity index (χ3n) is 1.81. The topological polar surface area (TPSA) is 78.7 Å². The van der Waals surface area contributed by atoms with E-state index in [0.29, 0.717) is 10.6 Å². The van der Waals surface area contributed by atoms with Gasteiger partial charge in [0.15, 0.2) is 5.94 Å². The maximum absolute atomic E-state index is 10.5. The summed E-state index contributed by atoms with van der Waals surface area (Å²) in [6, 6.07) is 1.91. The lowest BCUT2D eigenvalue weighted by molar-refractivity contribution is 0.567. The van der Waals surface area contributed by atoms with Crippen LogP contribution in [0.15, 0.2) is 18.2 Å². The molecule has 1 N–H and O–H groups in total. The average Bonchev–Trinajstić information content (AvgIpc) is 2.27. The third-order valence-corrected chi connectivity index (χ3v) is 1.81. The van der Waals surface area contributed by atoms with Crippen LogP contribution in [0.25, 0.3) is 11.8 Å². The summed E-state index contributed by atoms with van der Waals surface area (Å²) in [5.41, 5.74) is 0.304. The number of fused-ring (bicyclic) bond motifs is 1. The summed E-state index contributed by atoms with van der Waals surface area (Å²) < 4.78 is 0. The zero-order valence-electron chi connectivity index (χ0n) is 6.98. The number of rotatable bonds is 0. The van der Waals surface area contributed by atoms with Crippen molar-refractivity contribution in [2.24, 2.45) is 0 Å². The van der Waals surface area contributed by atoms with Crippen molar-refractivity contribution in [1.29, 1.82) is 5.26 Å². The van der Waals surface area contributed by atoms with Gasteiger partial charge in [-0.05, 0) is 0 Å². The van der Waals surface area contributed by atoms with Gasteiger partial charge >= 0.3 is 0 Å². The second-order valence-electron chi connectivity index (χ2n) is 2.58. The molecule has 1 aliphatic heterocycles. The van der Waals surface area contributed by atoms with E-state index in [1.807, 2.05) is 6.07 Å². The smallest absolute Gasteiger partial charge is 0.152 e. The number of allylic oxidation sites excluding steroid dienone is 1. The van der Waals surface area contributed by atoms with Crippen LogP contribution in [0.4, 0.5) is 0 Å². The minimum atomic E-state index is 0.110. The second kappa shape index (κ2) is 3.13. The Morgan fingerprint density at radius 2 is 2.36 bits per heavy atom. The van der Waals surface area contributed by atoms with Crippen LogP contribution in [-0.2, 0) is 4.79 Å². The zero-order valence-corrected chi connectivity index (χ0v) is 6.98. The highest BCUT2D eigenvalue weighted by Gasteiger charge is 2.11. The Kier molecular flexibility index (Phi) is 1.83. The summed E-state index contributed by atoms with van der Waals surface area (Å²) in [6.07, 6.45) is 4.46. The van der Waals surface area contributed by atoms with Crippen LogP contribution >= 0.6 is 0 Å². The predicted octanol–water partition coefficient (Wildman–Crippen LogP) is -1.79. The Balaban J connectivity index is 2.97. The molecule has 5 nitrogen and oxygen atoms in total. The highest BCUT2D eigenvalue weighted by molar-refractivity contribution is 5.85. The maximum Gasteiger partial charge on any atom is 0.152 e. The lowest BCUT2D eigenvalue weighted by Crippen LogP contribution is -2.38. The molecule has 0 unspecified atom stereocenters. The maximum atomic E-state index is 10.5. The van der Waals surface area contributed by atoms with Crippen molar-refractivity contribution in [3.05, 3.63) is 28.8 Å². The van der Waals surface area contributed by atoms with E-state index in [4.69, 9.17) is 5.26 Å². The van der Waals surface area contributed by atoms with Gasteiger partial charge in [0, 0.05) is 17.6 Å². The zero-order chi connectivity index (χ0) is 9.97. The van der Waals surface area contributed by atoms with Crippen molar-refractivity contribution in [2.45, 2.75) is 0 Å². The minimum absolute atomic E-state index is 0.110. The Morgan fingerprint density at radius 1 is 1.50 bits per heavy atom. The van der Waals surface area contributed by atoms with Crippen LogP contribution in [0.5, 0.6) is 0 Å². The SMILES string of the molecule is N#CC1=c2ncncc2=CNC1=C=O. The molecule has 0 atom stereocenters. The molecule has 2 heterocycles. The summed E-state index contributed by atoms with van der Waals surface area (Å²) in [5, 5.41) is 12.6. The largest absolute Gasteiger partial charge is 0.351 e. The van der Waals surface area contributed by atoms with Gasteiger partial charge in [0.25, 0.3) is 0 Å². The number of nitrogens with one attached hydrogen (secondary N) is 1. The summed E-state index contributed by atoms with van der Waals surface area (Å²) in [7, 11) is 0. The van der Waals surface area contributed by atoms with Gasteiger partial charge in [-0.15, -0.1) is 0 Å². The number of aromatic nitrogens is 2. The number of carbonyl (C=O) groups excluding carboxylic acids is 1. The predicted molar refractivity (Wildman–Crippen MR) is 47.1 cm³/mol. The first-order valence-electron chi connectivity index (χ1n) is 3.79. The van der Waals surface area contributed by atoms with Crippen LogP contribution in [0.3, 0.4) is 0 Å². The molecular formula is C9H4N4O. The van der Waals surface area contributed by atoms with E-state index in [2.05, 4.69) is 15.3 Å². The van der Waals surface area contributed by atoms with Gasteiger partial charge in [0.05, 0.1) is 5.35 Å². The summed E-state index contributed by atoms with van der Waals surface area (Å²) in [6.45, 7) is 0. The second-order valence-corrected chi connectivity index (χ2v) is 2.58. The molecule has 0 aromatic carbocycles. The fraction of sp³-hybridized carbons (Fsp3) is 0. The molecule has 0 fully saturated rings. The molecule has 0 aliphatic carbocycles. The van der Waals surface area contributed by atoms with Gasteiger partial charge in [0.2, 0.25) is 0 Å². The molecule has 0 amide bonds. The molecule has 14 heavy (non-hydrogen) atoms. The lowest BCUT2D eigenvalue weighted by atomic mass is 10.1. The summed E-state index contributed by atoms with van der Waals surface area (Å²) >= 11 is 0. The number of hydrogen-bond donors (Lipinski definition) is 1. The van der Waals surface area contributed by atoms with Crippen molar-refractivity contribution in [1.82, 2.24) is 15.3 Å². The molecule has 0 bridgehead atoms. The van der Waals surface area contributed by atoms with Crippen LogP contribution in [0.1, 0.15) is 0 Å². The van der Waals surface area contributed by atoms with E-state index in [9.17, 15) is 4.79 Å². The lowest BCUT2D eigenvalue weighted by Gasteiger charge is -2.05. The molecule has 1 aromatic heterocycles. The van der Waals surface area contributed by atoms with Crippen molar-refractivity contribution >= 4 is 17.7 Å². The highest BCUT2D eigenvalue weighted by atomic mass is 16.1. The Labute approximate surface area is 78.7 Å². The van der Waals surface area contributed by atoms with Gasteiger partial charge in [-0.3, -0.25) is 0 Å². The standard InChI is InChI=1S/C9H4N4O/c10-1-7-8(4-14)12-3-6-2-11-5-13-9(6)7/h2-3,5,12H. The van der Waals surface area contributed by atoms with Crippen LogP contribution < -0.4 is 15.9 Å². The van der Waals surface area contributed by atoms with Gasteiger partial charge in [0.1, 0.15) is 23.7 Å². The van der Waals surface area contributed by atoms with E-state index in [1.54, 1.807) is 18.3 Å². The normalized spacial score (nSPS) is 13.1. The number of nitrogens with zero attached hydrogens (tertiary/aromatic N) is 3. The average molecular weight is 184 g/mol. The molecule has 0 saturated carbocycles. The summed E-state index contributed by atoms with van der Waals surface area (Å²) in [5.74, 6) is 1.65. The molecule has 0 saturated heterocycles. The van der Waals surface area contributed by atoms with Crippen LogP contribution in [0, 0.1) is 11.3 Å². The van der Waals surface area contributed by atoms with Crippen LogP contribution in [0.2, 0.25) is 0 Å². The molecule has 66 valence electrons. The molecule has 0 radical (unpaired) electrons. The Hall–Kier alpha value is -2.44. The molecular weight excluding hydrogens is 180 g/mol. The molecule has 5 heteroatoms. The summed E-state index contributed by atoms with van der Waals surface area (Å²) in [4.78, 5) is 18.2. The third kappa shape index (κ3) is 1.07. The first-order valence-corrected chi connectivity index (χ1v) is 3.79. The van der Waals surface area contributed by atoms with Crippen molar-refractivity contribution < 1.29 is 4.79 Å². The monoisotopic (exact) mass is 184 g/mol. The van der Waals surface area contributed by atoms with E-state index in [-0.39, 0.29) is 11.3 Å². The van der Waals surface area contributed by atoms with Crippen molar-refractivity contribution in [2.75, 3.05) is 0 Å². The van der Waals surface area contributed by atoms with Crippen molar-refractivity contribution in [3.63, 3.8) is 0 Å². The number of hydrogen-bond acceptors (Lipinski definition) is 5. The molecule has 0 spiro atoms. The molecule has 2 rings (SSSR count). The van der Waals surface area contributed by atoms with Gasteiger partial charge in [-0.25, -0.2) is 14.8 Å². The quantitative estimate of drug-likeness (QED) is 0.481. The van der Waals surface area contributed by atoms with Crippen LogP contribution in [-0.4, -0.2) is 15.9 Å². The minimum Gasteiger partial charge on any atom is -0.351 e. The molecule has 1 aliphatic rings. The van der Waals surface area contributed by atoms with Gasteiger partial charge in [-0.1, -0.05) is 0 Å². The van der Waals surface area contributed by atoms with Gasteiger partial charge < -0.3 is 5.32 Å². The fourth-order valence-electron chi connectivity index (χ4n) is 1.18. The van der Waals surface area contributed by atoms with E-state index in [1.165, 1.54) is 6.33 Å². The van der Waals surface area contributed by atoms with Gasteiger partial charge in [-0.2, -0.15) is 5.26 Å². The Bertz CT molecular complexity index is 590. The molecule has 1 aromatic rings. The first kappa shape index (κ1) is 8.17. The van der Waals surface area contributed by atoms with E-state index in [0.717, 1.165) is 0 Å². The van der Waals surface area contributed by atoms with E-state index >= 15 is 0 Å².